The van der Waals surface area contributed by atoms with Crippen LogP contribution in [-0.4, -0.2) is 58.5 Å². The summed E-state index contributed by atoms with van der Waals surface area (Å²) in [5, 5.41) is 11.6. The van der Waals surface area contributed by atoms with Gasteiger partial charge in [0.05, 0.1) is 5.92 Å². The third kappa shape index (κ3) is 2.83. The van der Waals surface area contributed by atoms with Crippen molar-refractivity contribution >= 4 is 11.7 Å². The maximum Gasteiger partial charge on any atom is 0.233 e. The van der Waals surface area contributed by atoms with Crippen molar-refractivity contribution in [2.75, 3.05) is 19.6 Å². The van der Waals surface area contributed by atoms with E-state index in [0.29, 0.717) is 6.04 Å². The Hall–Kier alpha value is -1.30. The highest BCUT2D eigenvalue weighted by Gasteiger charge is 2.37. The van der Waals surface area contributed by atoms with Gasteiger partial charge in [-0.15, -0.1) is 0 Å². The minimum absolute atomic E-state index is 0.0109. The molecule has 0 bridgehead atoms. The quantitative estimate of drug-likeness (QED) is 0.330. The van der Waals surface area contributed by atoms with Gasteiger partial charge in [-0.05, 0) is 33.2 Å². The Morgan fingerprint density at radius 2 is 2.16 bits per heavy atom. The second kappa shape index (κ2) is 5.77. The van der Waals surface area contributed by atoms with Crippen LogP contribution in [0.25, 0.3) is 0 Å². The summed E-state index contributed by atoms with van der Waals surface area (Å²) in [4.78, 5) is 16.8. The van der Waals surface area contributed by atoms with Crippen molar-refractivity contribution in [3.63, 3.8) is 0 Å². The van der Waals surface area contributed by atoms with Crippen LogP contribution in [0.15, 0.2) is 5.16 Å². The lowest BCUT2D eigenvalue weighted by molar-refractivity contribution is -0.139. The number of piperazine rings is 1. The molecule has 2 aliphatic heterocycles. The van der Waals surface area contributed by atoms with Crippen molar-refractivity contribution in [1.82, 2.24) is 9.80 Å². The van der Waals surface area contributed by atoms with Gasteiger partial charge in [0.15, 0.2) is 5.84 Å². The van der Waals surface area contributed by atoms with E-state index in [1.807, 2.05) is 4.90 Å². The van der Waals surface area contributed by atoms with Crippen molar-refractivity contribution in [2.45, 2.75) is 45.2 Å². The molecule has 2 aliphatic rings. The molecule has 6 nitrogen and oxygen atoms in total. The summed E-state index contributed by atoms with van der Waals surface area (Å²) < 4.78 is 0. The Bertz CT molecular complexity index is 372. The fourth-order valence-electron chi connectivity index (χ4n) is 3.12. The zero-order valence-corrected chi connectivity index (χ0v) is 11.7. The van der Waals surface area contributed by atoms with E-state index in [1.165, 1.54) is 12.8 Å². The second-order valence-corrected chi connectivity index (χ2v) is 5.73. The first-order chi connectivity index (χ1) is 9.04. The van der Waals surface area contributed by atoms with Crippen LogP contribution in [0.5, 0.6) is 0 Å². The highest BCUT2D eigenvalue weighted by atomic mass is 16.4. The minimum Gasteiger partial charge on any atom is -0.409 e. The number of rotatable bonds is 2. The van der Waals surface area contributed by atoms with Gasteiger partial charge in [-0.1, -0.05) is 11.6 Å². The summed E-state index contributed by atoms with van der Waals surface area (Å²) in [7, 11) is 0. The predicted octanol–water partition coefficient (Wildman–Crippen LogP) is 0.454. The van der Waals surface area contributed by atoms with Gasteiger partial charge in [0, 0.05) is 25.2 Å². The number of piperidine rings is 1. The van der Waals surface area contributed by atoms with Crippen LogP contribution < -0.4 is 5.73 Å². The lowest BCUT2D eigenvalue weighted by Crippen LogP contribution is -2.61. The Kier molecular flexibility index (Phi) is 4.29. The van der Waals surface area contributed by atoms with E-state index in [1.54, 1.807) is 6.92 Å². The lowest BCUT2D eigenvalue weighted by Gasteiger charge is -2.48. The predicted molar refractivity (Wildman–Crippen MR) is 73.0 cm³/mol. The molecular weight excluding hydrogens is 244 g/mol. The molecule has 2 saturated heterocycles. The van der Waals surface area contributed by atoms with E-state index in [2.05, 4.69) is 17.0 Å². The van der Waals surface area contributed by atoms with E-state index < -0.39 is 5.92 Å². The molecule has 0 aromatic carbocycles. The molecule has 3 unspecified atom stereocenters. The Morgan fingerprint density at radius 1 is 1.42 bits per heavy atom. The van der Waals surface area contributed by atoms with Crippen molar-refractivity contribution in [1.29, 1.82) is 0 Å². The fraction of sp³-hybridized carbons (Fsp3) is 0.846. The molecule has 108 valence electrons. The first-order valence-electron chi connectivity index (χ1n) is 7.06. The number of nitrogens with two attached hydrogens (primary N) is 1. The molecule has 0 saturated carbocycles. The van der Waals surface area contributed by atoms with Crippen LogP contribution in [0, 0.1) is 5.92 Å². The lowest BCUT2D eigenvalue weighted by atomic mass is 9.96. The number of amides is 1. The third-order valence-corrected chi connectivity index (χ3v) is 4.40. The first-order valence-corrected chi connectivity index (χ1v) is 7.06. The summed E-state index contributed by atoms with van der Waals surface area (Å²) in [6.45, 7) is 6.61. The van der Waals surface area contributed by atoms with Gasteiger partial charge in [-0.2, -0.15) is 0 Å². The molecule has 2 rings (SSSR count). The molecule has 19 heavy (non-hydrogen) atoms. The smallest absolute Gasteiger partial charge is 0.233 e. The van der Waals surface area contributed by atoms with E-state index >= 15 is 0 Å². The van der Waals surface area contributed by atoms with E-state index in [9.17, 15) is 4.79 Å². The Morgan fingerprint density at radius 3 is 2.84 bits per heavy atom. The summed E-state index contributed by atoms with van der Waals surface area (Å²) in [5.41, 5.74) is 5.54. The number of carbonyl (C=O) groups excluding carboxylic acids is 1. The molecule has 0 radical (unpaired) electrons. The number of hydrogen-bond donors (Lipinski definition) is 2. The third-order valence-electron chi connectivity index (χ3n) is 4.40. The van der Waals surface area contributed by atoms with Gasteiger partial charge >= 0.3 is 0 Å². The SMILES string of the molecule is CC(C(=O)N1CC2CCCCN2CC1C)C(N)=NO. The summed E-state index contributed by atoms with van der Waals surface area (Å²) in [6, 6.07) is 0.671. The number of carbonyl (C=O) groups is 1. The van der Waals surface area contributed by atoms with Crippen LogP contribution in [-0.2, 0) is 4.79 Å². The van der Waals surface area contributed by atoms with Crippen LogP contribution in [0.3, 0.4) is 0 Å². The Balaban J connectivity index is 2.05. The maximum absolute atomic E-state index is 12.4. The highest BCUT2D eigenvalue weighted by Crippen LogP contribution is 2.25. The van der Waals surface area contributed by atoms with E-state index in [0.717, 1.165) is 26.1 Å². The zero-order chi connectivity index (χ0) is 14.0. The summed E-state index contributed by atoms with van der Waals surface area (Å²) in [6.07, 6.45) is 3.67. The molecule has 2 heterocycles. The summed E-state index contributed by atoms with van der Waals surface area (Å²) in [5.74, 6) is -0.598. The molecule has 6 heteroatoms. The van der Waals surface area contributed by atoms with Gasteiger partial charge in [0.1, 0.15) is 0 Å². The van der Waals surface area contributed by atoms with Crippen molar-refractivity contribution in [2.24, 2.45) is 16.8 Å². The largest absolute Gasteiger partial charge is 0.409 e. The van der Waals surface area contributed by atoms with Gasteiger partial charge in [0.2, 0.25) is 5.91 Å². The second-order valence-electron chi connectivity index (χ2n) is 5.73. The molecular formula is C13H24N4O2. The first kappa shape index (κ1) is 14.1. The number of nitrogens with zero attached hydrogens (tertiary/aromatic N) is 3. The van der Waals surface area contributed by atoms with Crippen molar-refractivity contribution in [3.8, 4) is 0 Å². The number of oxime groups is 1. The minimum atomic E-state index is -0.553. The molecule has 0 spiro atoms. The molecule has 3 N–H and O–H groups in total. The molecule has 0 aromatic heterocycles. The van der Waals surface area contributed by atoms with Crippen molar-refractivity contribution in [3.05, 3.63) is 0 Å². The average Bonchev–Trinajstić information content (AvgIpc) is 2.44. The zero-order valence-electron chi connectivity index (χ0n) is 11.7. The van der Waals surface area contributed by atoms with E-state index in [4.69, 9.17) is 10.9 Å². The normalized spacial score (nSPS) is 30.8. The molecule has 3 atom stereocenters. The molecule has 0 aliphatic carbocycles. The van der Waals surface area contributed by atoms with Crippen LogP contribution in [0.1, 0.15) is 33.1 Å². The van der Waals surface area contributed by atoms with Crippen molar-refractivity contribution < 1.29 is 10.0 Å². The molecule has 1 amide bonds. The fourth-order valence-corrected chi connectivity index (χ4v) is 3.12. The van der Waals surface area contributed by atoms with Gasteiger partial charge in [-0.3, -0.25) is 9.69 Å². The maximum atomic E-state index is 12.4. The van der Waals surface area contributed by atoms with Gasteiger partial charge in [-0.25, -0.2) is 0 Å². The number of amidine groups is 1. The van der Waals surface area contributed by atoms with Gasteiger partial charge < -0.3 is 15.8 Å². The monoisotopic (exact) mass is 268 g/mol. The number of fused-ring (bicyclic) bond motifs is 1. The van der Waals surface area contributed by atoms with E-state index in [-0.39, 0.29) is 17.8 Å². The van der Waals surface area contributed by atoms with Crippen LogP contribution in [0.4, 0.5) is 0 Å². The highest BCUT2D eigenvalue weighted by molar-refractivity contribution is 6.01. The average molecular weight is 268 g/mol. The molecule has 2 fully saturated rings. The number of hydrogen-bond acceptors (Lipinski definition) is 4. The van der Waals surface area contributed by atoms with Crippen LogP contribution in [0.2, 0.25) is 0 Å². The standard InChI is InChI=1S/C13H24N4O2/c1-9-7-16-6-4-3-5-11(16)8-17(9)13(18)10(2)12(14)15-19/h9-11,19H,3-8H2,1-2H3,(H2,14,15). The molecule has 0 aromatic rings. The topological polar surface area (TPSA) is 82.2 Å². The Labute approximate surface area is 114 Å². The summed E-state index contributed by atoms with van der Waals surface area (Å²) >= 11 is 0. The van der Waals surface area contributed by atoms with Crippen LogP contribution >= 0.6 is 0 Å². The van der Waals surface area contributed by atoms with Gasteiger partial charge in [0.25, 0.3) is 0 Å².